The van der Waals surface area contributed by atoms with Crippen LogP contribution in [0.5, 0.6) is 0 Å². The normalized spacial score (nSPS) is 21.5. The highest BCUT2D eigenvalue weighted by Crippen LogP contribution is 2.36. The van der Waals surface area contributed by atoms with Gasteiger partial charge in [-0.2, -0.15) is 0 Å². The van der Waals surface area contributed by atoms with Crippen molar-refractivity contribution in [2.45, 2.75) is 31.4 Å². The van der Waals surface area contributed by atoms with E-state index < -0.39 is 5.72 Å². The Morgan fingerprint density at radius 3 is 2.23 bits per heavy atom. The van der Waals surface area contributed by atoms with Crippen molar-refractivity contribution in [1.82, 2.24) is 0 Å². The predicted octanol–water partition coefficient (Wildman–Crippen LogP) is 5.77. The molecule has 3 nitrogen and oxygen atoms in total. The van der Waals surface area contributed by atoms with Gasteiger partial charge in [0, 0.05) is 16.5 Å². The number of β-amino-alcohol motifs (C(OH)–C–C–N with tert-alkyl or cyclic N) is 1. The van der Waals surface area contributed by atoms with Crippen molar-refractivity contribution in [3.8, 4) is 11.1 Å². The summed E-state index contributed by atoms with van der Waals surface area (Å²) in [6.45, 7) is 1.44. The minimum Gasteiger partial charge on any atom is -0.346 e. The molecule has 0 aliphatic carbocycles. The second kappa shape index (κ2) is 8.01. The van der Waals surface area contributed by atoms with Crippen molar-refractivity contribution in [2.75, 3.05) is 18.0 Å². The summed E-state index contributed by atoms with van der Waals surface area (Å²) in [5, 5.41) is 12.0. The molecule has 30 heavy (non-hydrogen) atoms. The van der Waals surface area contributed by atoms with Crippen LogP contribution < -0.4 is 4.90 Å². The molecular weight excluding hydrogens is 436 g/mol. The van der Waals surface area contributed by atoms with Gasteiger partial charge in [-0.15, -0.1) is 0 Å². The van der Waals surface area contributed by atoms with Crippen LogP contribution in [0.15, 0.2) is 83.3 Å². The van der Waals surface area contributed by atoms with Crippen molar-refractivity contribution < 1.29 is 9.68 Å². The maximum atomic E-state index is 12.0. The number of anilines is 1. The van der Waals surface area contributed by atoms with Crippen molar-refractivity contribution in [3.05, 3.63) is 88.9 Å². The molecule has 0 aromatic heterocycles. The summed E-state index contributed by atoms with van der Waals surface area (Å²) in [5.41, 5.74) is 3.45. The van der Waals surface area contributed by atoms with Crippen molar-refractivity contribution in [3.63, 3.8) is 0 Å². The quantitative estimate of drug-likeness (QED) is 0.501. The molecule has 4 heteroatoms. The molecule has 1 atom stereocenters. The van der Waals surface area contributed by atoms with Crippen molar-refractivity contribution in [2.24, 2.45) is 0 Å². The molecule has 3 aromatic rings. The lowest BCUT2D eigenvalue weighted by molar-refractivity contribution is -0.658. The van der Waals surface area contributed by atoms with Gasteiger partial charge >= 0.3 is 0 Å². The highest BCUT2D eigenvalue weighted by molar-refractivity contribution is 9.10. The second-order valence-corrected chi connectivity index (χ2v) is 9.12. The molecule has 3 aromatic carbocycles. The smallest absolute Gasteiger partial charge is 0.271 e. The van der Waals surface area contributed by atoms with Gasteiger partial charge in [-0.3, -0.25) is 0 Å². The van der Waals surface area contributed by atoms with E-state index in [1.165, 1.54) is 29.8 Å². The minimum absolute atomic E-state index is 0.550. The summed E-state index contributed by atoms with van der Waals surface area (Å²) in [6.07, 6.45) is 4.49. The Morgan fingerprint density at radius 1 is 0.800 bits per heavy atom. The molecule has 2 aliphatic rings. The van der Waals surface area contributed by atoms with E-state index in [4.69, 9.17) is 0 Å². The number of rotatable bonds is 3. The van der Waals surface area contributed by atoms with E-state index in [0.29, 0.717) is 6.54 Å². The highest BCUT2D eigenvalue weighted by Gasteiger charge is 2.51. The average Bonchev–Trinajstić information content (AvgIpc) is 2.94. The molecule has 0 saturated carbocycles. The van der Waals surface area contributed by atoms with E-state index in [0.717, 1.165) is 35.1 Å². The lowest BCUT2D eigenvalue weighted by atomic mass is 9.98. The van der Waals surface area contributed by atoms with Crippen LogP contribution in [-0.4, -0.2) is 28.6 Å². The average molecular weight is 462 g/mol. The summed E-state index contributed by atoms with van der Waals surface area (Å²) in [6, 6.07) is 27.2. The molecule has 0 spiro atoms. The van der Waals surface area contributed by atoms with Gasteiger partial charge in [0.2, 0.25) is 0 Å². The summed E-state index contributed by atoms with van der Waals surface area (Å²) < 4.78 is 3.32. The Kier molecular flexibility index (Phi) is 5.21. The first-order valence-corrected chi connectivity index (χ1v) is 11.5. The zero-order valence-corrected chi connectivity index (χ0v) is 18.6. The maximum absolute atomic E-state index is 12.0. The lowest BCUT2D eigenvalue weighted by Crippen LogP contribution is -2.41. The van der Waals surface area contributed by atoms with E-state index in [-0.39, 0.29) is 0 Å². The first-order valence-electron chi connectivity index (χ1n) is 10.7. The number of hydrogen-bond acceptors (Lipinski definition) is 2. The Balaban J connectivity index is 1.53. The summed E-state index contributed by atoms with van der Waals surface area (Å²) in [4.78, 5) is 2.31. The third-order valence-corrected chi connectivity index (χ3v) is 6.85. The largest absolute Gasteiger partial charge is 0.346 e. The third kappa shape index (κ3) is 3.48. The summed E-state index contributed by atoms with van der Waals surface area (Å²) in [5.74, 6) is 1.24. The number of aliphatic hydroxyl groups is 1. The maximum Gasteiger partial charge on any atom is 0.271 e. The van der Waals surface area contributed by atoms with Crippen LogP contribution in [0.1, 0.15) is 31.2 Å². The molecule has 2 heterocycles. The monoisotopic (exact) mass is 461 g/mol. The third-order valence-electron chi connectivity index (χ3n) is 6.32. The van der Waals surface area contributed by atoms with E-state index in [1.54, 1.807) is 0 Å². The molecule has 1 unspecified atom stereocenters. The molecule has 1 N–H and O–H groups in total. The van der Waals surface area contributed by atoms with Gasteiger partial charge in [-0.05, 0) is 54.7 Å². The summed E-state index contributed by atoms with van der Waals surface area (Å²) in [7, 11) is 0. The number of nitrogens with zero attached hydrogens (tertiary/aromatic N) is 2. The highest BCUT2D eigenvalue weighted by atomic mass is 79.9. The van der Waals surface area contributed by atoms with Gasteiger partial charge in [0.05, 0.1) is 6.54 Å². The first kappa shape index (κ1) is 19.5. The zero-order chi connectivity index (χ0) is 20.6. The minimum atomic E-state index is -1.01. The molecular formula is C26H26BrN2O+. The van der Waals surface area contributed by atoms with Gasteiger partial charge in [0.15, 0.2) is 6.54 Å². The fourth-order valence-electron chi connectivity index (χ4n) is 4.74. The first-order chi connectivity index (χ1) is 14.6. The summed E-state index contributed by atoms with van der Waals surface area (Å²) >= 11 is 3.54. The van der Waals surface area contributed by atoms with Crippen LogP contribution >= 0.6 is 15.9 Å². The van der Waals surface area contributed by atoms with Crippen LogP contribution in [0.4, 0.5) is 5.69 Å². The van der Waals surface area contributed by atoms with E-state index >= 15 is 0 Å². The van der Waals surface area contributed by atoms with Crippen LogP contribution in [0, 0.1) is 0 Å². The molecule has 0 radical (unpaired) electrons. The van der Waals surface area contributed by atoms with Crippen molar-refractivity contribution in [1.29, 1.82) is 0 Å². The molecule has 5 rings (SSSR count). The standard InChI is InChI=1S/C26H26BrN2O/c27-23-14-16-24(17-15-23)28-19-26(30,29-18-6-2-5-9-25(28)29)22-12-10-21(11-13-22)20-7-3-1-4-8-20/h1,3-4,7-8,10-17,30H,2,5-6,9,18-19H2/q+1. The van der Waals surface area contributed by atoms with Crippen LogP contribution in [0.25, 0.3) is 11.1 Å². The predicted molar refractivity (Wildman–Crippen MR) is 126 cm³/mol. The molecule has 0 amide bonds. The fourth-order valence-corrected chi connectivity index (χ4v) is 5.00. The van der Waals surface area contributed by atoms with Gasteiger partial charge in [0.1, 0.15) is 5.69 Å². The van der Waals surface area contributed by atoms with Gasteiger partial charge < -0.3 is 5.11 Å². The lowest BCUT2D eigenvalue weighted by Gasteiger charge is -2.24. The number of hydrogen-bond donors (Lipinski definition) is 1. The second-order valence-electron chi connectivity index (χ2n) is 8.20. The Bertz CT molecular complexity index is 1060. The molecule has 0 fully saturated rings. The Hall–Kier alpha value is -2.43. The zero-order valence-electron chi connectivity index (χ0n) is 17.0. The van der Waals surface area contributed by atoms with Crippen LogP contribution in [0.2, 0.25) is 0 Å². The van der Waals surface area contributed by atoms with E-state index in [2.05, 4.69) is 98.2 Å². The Labute approximate surface area is 186 Å². The van der Waals surface area contributed by atoms with Crippen LogP contribution in [-0.2, 0) is 5.72 Å². The molecule has 2 aliphatic heterocycles. The fraction of sp³-hybridized carbons (Fsp3) is 0.269. The Morgan fingerprint density at radius 2 is 1.50 bits per heavy atom. The molecule has 0 saturated heterocycles. The van der Waals surface area contributed by atoms with Crippen molar-refractivity contribution >= 4 is 27.5 Å². The number of benzene rings is 3. The van der Waals surface area contributed by atoms with Crippen LogP contribution in [0.3, 0.4) is 0 Å². The molecule has 152 valence electrons. The number of amidine groups is 1. The number of halogens is 1. The van der Waals surface area contributed by atoms with E-state index in [1.807, 2.05) is 6.07 Å². The molecule has 0 bridgehead atoms. The van der Waals surface area contributed by atoms with Gasteiger partial charge in [-0.1, -0.05) is 70.5 Å². The van der Waals surface area contributed by atoms with Gasteiger partial charge in [-0.25, -0.2) is 9.48 Å². The topological polar surface area (TPSA) is 26.5 Å². The SMILES string of the molecule is OC1(c2ccc(-c3ccccc3)cc2)CN(c2ccc(Br)cc2)C2=[N+]1CCCCC2. The van der Waals surface area contributed by atoms with Gasteiger partial charge in [0.25, 0.3) is 11.6 Å². The van der Waals surface area contributed by atoms with E-state index in [9.17, 15) is 5.11 Å².